The van der Waals surface area contributed by atoms with Crippen molar-refractivity contribution in [3.8, 4) is 16.8 Å². The van der Waals surface area contributed by atoms with Crippen LogP contribution in [0, 0.1) is 0 Å². The normalized spacial score (nSPS) is 17.8. The molecule has 1 aliphatic rings. The van der Waals surface area contributed by atoms with Gasteiger partial charge >= 0.3 is 0 Å². The van der Waals surface area contributed by atoms with E-state index in [1.807, 2.05) is 12.3 Å². The molecule has 3 heteroatoms. The molecule has 1 fully saturated rings. The van der Waals surface area contributed by atoms with Gasteiger partial charge in [0.15, 0.2) is 0 Å². The van der Waals surface area contributed by atoms with Crippen LogP contribution in [0.2, 0.25) is 0 Å². The second-order valence-electron chi connectivity index (χ2n) is 6.47. The van der Waals surface area contributed by atoms with Gasteiger partial charge in [-0.3, -0.25) is 0 Å². The van der Waals surface area contributed by atoms with Crippen LogP contribution in [0.5, 0.6) is 0 Å². The van der Waals surface area contributed by atoms with Crippen molar-refractivity contribution in [2.75, 3.05) is 6.54 Å². The fraction of sp³-hybridized carbons (Fsp3) is 0.286. The van der Waals surface area contributed by atoms with Gasteiger partial charge in [-0.25, -0.2) is 4.68 Å². The Hall–Kier alpha value is -2.39. The highest BCUT2D eigenvalue weighted by Gasteiger charge is 2.20. The Morgan fingerprint density at radius 2 is 1.71 bits per heavy atom. The number of hydrogen-bond donors (Lipinski definition) is 1. The highest BCUT2D eigenvalue weighted by molar-refractivity contribution is 5.66. The average Bonchev–Trinajstić information content (AvgIpc) is 3.07. The lowest BCUT2D eigenvalue weighted by Crippen LogP contribution is -2.36. The molecule has 122 valence electrons. The predicted molar refractivity (Wildman–Crippen MR) is 98.3 cm³/mol. The minimum atomic E-state index is 0.542. The summed E-state index contributed by atoms with van der Waals surface area (Å²) < 4.78 is 2.11. The Kier molecular flexibility index (Phi) is 4.43. The summed E-state index contributed by atoms with van der Waals surface area (Å²) in [5.74, 6) is 0. The molecule has 1 unspecified atom stereocenters. The summed E-state index contributed by atoms with van der Waals surface area (Å²) in [5, 5.41) is 8.39. The standard InChI is InChI=1S/C21H23N3/c1-3-9-17(10-4-1)20-16-23-24(19-12-5-2-6-13-19)21(20)15-18-11-7-8-14-22-18/h1-6,9-10,12-13,16,18,22H,7-8,11,14-15H2. The van der Waals surface area contributed by atoms with Crippen molar-refractivity contribution in [3.05, 3.63) is 72.6 Å². The van der Waals surface area contributed by atoms with Crippen LogP contribution >= 0.6 is 0 Å². The summed E-state index contributed by atoms with van der Waals surface area (Å²) in [6.07, 6.45) is 6.88. The monoisotopic (exact) mass is 317 g/mol. The summed E-state index contributed by atoms with van der Waals surface area (Å²) in [6.45, 7) is 1.13. The number of benzene rings is 2. The Labute approximate surface area is 143 Å². The maximum absolute atomic E-state index is 4.72. The van der Waals surface area contributed by atoms with E-state index in [1.165, 1.54) is 36.1 Å². The molecule has 24 heavy (non-hydrogen) atoms. The molecule has 3 aromatic rings. The van der Waals surface area contributed by atoms with E-state index in [0.717, 1.165) is 18.7 Å². The van der Waals surface area contributed by atoms with Gasteiger partial charge in [-0.15, -0.1) is 0 Å². The first-order valence-corrected chi connectivity index (χ1v) is 8.83. The largest absolute Gasteiger partial charge is 0.314 e. The average molecular weight is 317 g/mol. The van der Waals surface area contributed by atoms with Crippen LogP contribution in [0.3, 0.4) is 0 Å². The third-order valence-electron chi connectivity index (χ3n) is 4.81. The quantitative estimate of drug-likeness (QED) is 0.780. The van der Waals surface area contributed by atoms with E-state index in [2.05, 4.69) is 64.6 Å². The van der Waals surface area contributed by atoms with E-state index in [-0.39, 0.29) is 0 Å². The second kappa shape index (κ2) is 7.02. The fourth-order valence-electron chi connectivity index (χ4n) is 3.55. The number of nitrogens with zero attached hydrogens (tertiary/aromatic N) is 2. The maximum atomic E-state index is 4.72. The Morgan fingerprint density at radius 1 is 0.958 bits per heavy atom. The summed E-state index contributed by atoms with van der Waals surface area (Å²) in [7, 11) is 0. The molecule has 0 bridgehead atoms. The molecule has 1 aliphatic heterocycles. The zero-order chi connectivity index (χ0) is 16.2. The summed E-state index contributed by atoms with van der Waals surface area (Å²) in [6, 6.07) is 21.6. The van der Waals surface area contributed by atoms with E-state index >= 15 is 0 Å². The van der Waals surface area contributed by atoms with Crippen LogP contribution < -0.4 is 5.32 Å². The first-order valence-electron chi connectivity index (χ1n) is 8.83. The van der Waals surface area contributed by atoms with E-state index in [4.69, 9.17) is 5.10 Å². The lowest BCUT2D eigenvalue weighted by Gasteiger charge is -2.24. The summed E-state index contributed by atoms with van der Waals surface area (Å²) in [5.41, 5.74) is 4.91. The van der Waals surface area contributed by atoms with Crippen molar-refractivity contribution < 1.29 is 0 Å². The van der Waals surface area contributed by atoms with Crippen molar-refractivity contribution >= 4 is 0 Å². The fourth-order valence-corrected chi connectivity index (χ4v) is 3.55. The molecule has 0 radical (unpaired) electrons. The van der Waals surface area contributed by atoms with Crippen LogP contribution in [0.25, 0.3) is 16.8 Å². The molecule has 1 aromatic heterocycles. The molecule has 1 N–H and O–H groups in total. The molecule has 1 atom stereocenters. The zero-order valence-electron chi connectivity index (χ0n) is 13.9. The van der Waals surface area contributed by atoms with Crippen molar-refractivity contribution in [2.24, 2.45) is 0 Å². The van der Waals surface area contributed by atoms with Crippen LogP contribution in [-0.2, 0) is 6.42 Å². The topological polar surface area (TPSA) is 29.9 Å². The Morgan fingerprint density at radius 3 is 2.42 bits per heavy atom. The maximum Gasteiger partial charge on any atom is 0.0649 e. The van der Waals surface area contributed by atoms with Crippen LogP contribution in [0.1, 0.15) is 25.0 Å². The first kappa shape index (κ1) is 15.2. The number of rotatable bonds is 4. The SMILES string of the molecule is c1ccc(-c2cnn(-c3ccccc3)c2CC2CCCCN2)cc1. The lowest BCUT2D eigenvalue weighted by atomic mass is 9.96. The van der Waals surface area contributed by atoms with Gasteiger partial charge < -0.3 is 5.32 Å². The molecule has 0 aliphatic carbocycles. The molecule has 4 rings (SSSR count). The van der Waals surface area contributed by atoms with Crippen molar-refractivity contribution in [1.82, 2.24) is 15.1 Å². The molecular formula is C21H23N3. The Balaban J connectivity index is 1.75. The van der Waals surface area contributed by atoms with Crippen LogP contribution in [0.4, 0.5) is 0 Å². The van der Waals surface area contributed by atoms with Gasteiger partial charge in [0.1, 0.15) is 0 Å². The third kappa shape index (κ3) is 3.13. The third-order valence-corrected chi connectivity index (χ3v) is 4.81. The van der Waals surface area contributed by atoms with E-state index < -0.39 is 0 Å². The van der Waals surface area contributed by atoms with Crippen molar-refractivity contribution in [1.29, 1.82) is 0 Å². The first-order chi connectivity index (χ1) is 11.9. The number of nitrogens with one attached hydrogen (secondary N) is 1. The van der Waals surface area contributed by atoms with Crippen molar-refractivity contribution in [3.63, 3.8) is 0 Å². The number of hydrogen-bond acceptors (Lipinski definition) is 2. The second-order valence-corrected chi connectivity index (χ2v) is 6.47. The van der Waals surface area contributed by atoms with Gasteiger partial charge in [-0.1, -0.05) is 55.0 Å². The summed E-state index contributed by atoms with van der Waals surface area (Å²) in [4.78, 5) is 0. The van der Waals surface area contributed by atoms with Gasteiger partial charge in [0, 0.05) is 18.0 Å². The molecule has 2 heterocycles. The molecule has 0 amide bonds. The van der Waals surface area contributed by atoms with Crippen LogP contribution in [0.15, 0.2) is 66.9 Å². The van der Waals surface area contributed by atoms with Crippen LogP contribution in [-0.4, -0.2) is 22.4 Å². The minimum absolute atomic E-state index is 0.542. The lowest BCUT2D eigenvalue weighted by molar-refractivity contribution is 0.395. The smallest absolute Gasteiger partial charge is 0.0649 e. The molecule has 1 saturated heterocycles. The highest BCUT2D eigenvalue weighted by Crippen LogP contribution is 2.27. The van der Waals surface area contributed by atoms with E-state index in [0.29, 0.717) is 6.04 Å². The van der Waals surface area contributed by atoms with E-state index in [9.17, 15) is 0 Å². The molecule has 3 nitrogen and oxygen atoms in total. The zero-order valence-corrected chi connectivity index (χ0v) is 13.9. The molecular weight excluding hydrogens is 294 g/mol. The molecule has 0 spiro atoms. The Bertz CT molecular complexity index is 714. The molecule has 2 aromatic carbocycles. The van der Waals surface area contributed by atoms with E-state index in [1.54, 1.807) is 0 Å². The van der Waals surface area contributed by atoms with Gasteiger partial charge in [0.05, 0.1) is 17.6 Å². The van der Waals surface area contributed by atoms with Gasteiger partial charge in [-0.2, -0.15) is 5.10 Å². The van der Waals surface area contributed by atoms with Gasteiger partial charge in [0.25, 0.3) is 0 Å². The van der Waals surface area contributed by atoms with Crippen molar-refractivity contribution in [2.45, 2.75) is 31.7 Å². The van der Waals surface area contributed by atoms with Gasteiger partial charge in [0.2, 0.25) is 0 Å². The number of piperidine rings is 1. The highest BCUT2D eigenvalue weighted by atomic mass is 15.3. The predicted octanol–water partition coefficient (Wildman–Crippen LogP) is 4.22. The minimum Gasteiger partial charge on any atom is -0.314 e. The summed E-state index contributed by atoms with van der Waals surface area (Å²) >= 11 is 0. The van der Waals surface area contributed by atoms with Gasteiger partial charge in [-0.05, 0) is 37.1 Å². The molecule has 0 saturated carbocycles. The number of para-hydroxylation sites is 1. The number of aromatic nitrogens is 2.